The summed E-state index contributed by atoms with van der Waals surface area (Å²) >= 11 is 0. The molecule has 0 aromatic carbocycles. The van der Waals surface area contributed by atoms with Crippen molar-refractivity contribution in [1.29, 1.82) is 0 Å². The maximum Gasteiger partial charge on any atom is 0.200 e. The molecule has 2 aromatic heterocycles. The van der Waals surface area contributed by atoms with Gasteiger partial charge in [0.2, 0.25) is 0 Å². The first-order chi connectivity index (χ1) is 8.31. The van der Waals surface area contributed by atoms with Gasteiger partial charge in [0, 0.05) is 6.54 Å². The van der Waals surface area contributed by atoms with Crippen LogP contribution in [0.4, 0.5) is 5.82 Å². The lowest BCUT2D eigenvalue weighted by atomic mass is 9.98. The zero-order valence-corrected chi connectivity index (χ0v) is 9.50. The van der Waals surface area contributed by atoms with E-state index in [9.17, 15) is 0 Å². The van der Waals surface area contributed by atoms with Crippen LogP contribution in [0.5, 0.6) is 0 Å². The molecule has 2 heterocycles. The van der Waals surface area contributed by atoms with Gasteiger partial charge in [-0.1, -0.05) is 12.8 Å². The Kier molecular flexibility index (Phi) is 2.40. The first kappa shape index (κ1) is 10.4. The lowest BCUT2D eigenvalue weighted by molar-refractivity contribution is 0.489. The van der Waals surface area contributed by atoms with Crippen LogP contribution in [0.2, 0.25) is 0 Å². The van der Waals surface area contributed by atoms with E-state index in [1.165, 1.54) is 17.5 Å². The number of tetrazole rings is 1. The van der Waals surface area contributed by atoms with Crippen molar-refractivity contribution >= 4 is 11.5 Å². The number of fused-ring (bicyclic) bond motifs is 1. The van der Waals surface area contributed by atoms with E-state index < -0.39 is 0 Å². The Hall–Kier alpha value is -1.76. The summed E-state index contributed by atoms with van der Waals surface area (Å²) < 4.78 is 1.42. The first-order valence-electron chi connectivity index (χ1n) is 5.85. The molecule has 0 aliphatic heterocycles. The molecule has 3 rings (SSSR count). The molecule has 3 N–H and O–H groups in total. The fourth-order valence-electron chi connectivity index (χ4n) is 2.42. The number of hydrogen-bond acceptors (Lipinski definition) is 6. The summed E-state index contributed by atoms with van der Waals surface area (Å²) in [7, 11) is 0. The highest BCUT2D eigenvalue weighted by Gasteiger charge is 2.32. The third kappa shape index (κ3) is 1.82. The van der Waals surface area contributed by atoms with Crippen LogP contribution in [0.3, 0.4) is 0 Å². The highest BCUT2D eigenvalue weighted by atomic mass is 15.6. The molecule has 7 heteroatoms. The van der Waals surface area contributed by atoms with Gasteiger partial charge in [0.05, 0.1) is 5.54 Å². The standard InChI is InChI=1S/C10H15N7/c11-7-10(5-1-2-6-10)12-8-3-4-9-13-15-16-17(9)14-8/h3-4H,1-2,5-7,11H2,(H,12,14). The molecule has 0 unspecified atom stereocenters. The minimum Gasteiger partial charge on any atom is -0.362 e. The summed E-state index contributed by atoms with van der Waals surface area (Å²) in [4.78, 5) is 0. The Morgan fingerprint density at radius 2 is 2.18 bits per heavy atom. The van der Waals surface area contributed by atoms with Crippen LogP contribution >= 0.6 is 0 Å². The van der Waals surface area contributed by atoms with Crippen LogP contribution in [0.15, 0.2) is 12.1 Å². The largest absolute Gasteiger partial charge is 0.362 e. The van der Waals surface area contributed by atoms with Gasteiger partial charge in [-0.25, -0.2) is 0 Å². The summed E-state index contributed by atoms with van der Waals surface area (Å²) in [6.45, 7) is 0.627. The molecule has 0 amide bonds. The van der Waals surface area contributed by atoms with Gasteiger partial charge in [0.1, 0.15) is 5.82 Å². The second-order valence-corrected chi connectivity index (χ2v) is 4.56. The maximum absolute atomic E-state index is 5.87. The molecular formula is C10H15N7. The SMILES string of the molecule is NCC1(Nc2ccc3nnnn3n2)CCCC1. The lowest BCUT2D eigenvalue weighted by Gasteiger charge is -2.29. The number of rotatable bonds is 3. The predicted molar refractivity (Wildman–Crippen MR) is 62.5 cm³/mol. The second-order valence-electron chi connectivity index (χ2n) is 4.56. The minimum absolute atomic E-state index is 0.00527. The second kappa shape index (κ2) is 3.92. The van der Waals surface area contributed by atoms with E-state index in [0.717, 1.165) is 18.7 Å². The molecule has 1 saturated carbocycles. The van der Waals surface area contributed by atoms with Crippen LogP contribution < -0.4 is 11.1 Å². The molecule has 17 heavy (non-hydrogen) atoms. The van der Waals surface area contributed by atoms with Gasteiger partial charge < -0.3 is 11.1 Å². The van der Waals surface area contributed by atoms with Crippen molar-refractivity contribution in [2.45, 2.75) is 31.2 Å². The van der Waals surface area contributed by atoms with Crippen LogP contribution in [0.25, 0.3) is 5.65 Å². The van der Waals surface area contributed by atoms with Crippen molar-refractivity contribution in [3.05, 3.63) is 12.1 Å². The summed E-state index contributed by atoms with van der Waals surface area (Å²) in [6.07, 6.45) is 4.63. The summed E-state index contributed by atoms with van der Waals surface area (Å²) in [5.41, 5.74) is 6.51. The number of nitrogens with one attached hydrogen (secondary N) is 1. The van der Waals surface area contributed by atoms with Crippen LogP contribution in [0.1, 0.15) is 25.7 Å². The molecule has 0 spiro atoms. The van der Waals surface area contributed by atoms with Gasteiger partial charge in [0.15, 0.2) is 5.65 Å². The minimum atomic E-state index is -0.00527. The summed E-state index contributed by atoms with van der Waals surface area (Å²) in [5, 5.41) is 18.9. The monoisotopic (exact) mass is 233 g/mol. The normalized spacial score (nSPS) is 18.6. The van der Waals surface area contributed by atoms with E-state index in [4.69, 9.17) is 5.73 Å². The van der Waals surface area contributed by atoms with E-state index in [-0.39, 0.29) is 5.54 Å². The molecule has 1 fully saturated rings. The zero-order chi connectivity index (χ0) is 11.7. The molecule has 0 bridgehead atoms. The third-order valence-corrected chi connectivity index (χ3v) is 3.41. The van der Waals surface area contributed by atoms with Crippen molar-refractivity contribution in [3.8, 4) is 0 Å². The Bertz CT molecular complexity index is 514. The smallest absolute Gasteiger partial charge is 0.200 e. The zero-order valence-electron chi connectivity index (χ0n) is 9.50. The number of hydrogen-bond donors (Lipinski definition) is 2. The predicted octanol–water partition coefficient (Wildman–Crippen LogP) is 0.203. The summed E-state index contributed by atoms with van der Waals surface area (Å²) in [6, 6.07) is 3.73. The Labute approximate surface area is 98.4 Å². The van der Waals surface area contributed by atoms with Crippen molar-refractivity contribution in [2.24, 2.45) is 5.73 Å². The van der Waals surface area contributed by atoms with Gasteiger partial charge in [0.25, 0.3) is 0 Å². The first-order valence-corrected chi connectivity index (χ1v) is 5.85. The van der Waals surface area contributed by atoms with Gasteiger partial charge in [-0.2, -0.15) is 0 Å². The molecular weight excluding hydrogens is 218 g/mol. The van der Waals surface area contributed by atoms with E-state index in [0.29, 0.717) is 12.2 Å². The number of nitrogens with two attached hydrogens (primary N) is 1. The quantitative estimate of drug-likeness (QED) is 0.786. The topological polar surface area (TPSA) is 94.0 Å². The number of anilines is 1. The van der Waals surface area contributed by atoms with Gasteiger partial charge >= 0.3 is 0 Å². The number of nitrogens with zero attached hydrogens (tertiary/aromatic N) is 5. The average molecular weight is 233 g/mol. The molecule has 0 radical (unpaired) electrons. The van der Waals surface area contributed by atoms with E-state index in [1.54, 1.807) is 0 Å². The van der Waals surface area contributed by atoms with Crippen molar-refractivity contribution in [1.82, 2.24) is 25.3 Å². The molecule has 0 saturated heterocycles. The molecule has 2 aromatic rings. The molecule has 1 aliphatic rings. The maximum atomic E-state index is 5.87. The van der Waals surface area contributed by atoms with E-state index in [1.807, 2.05) is 12.1 Å². The number of aromatic nitrogens is 5. The highest BCUT2D eigenvalue weighted by Crippen LogP contribution is 2.31. The molecule has 90 valence electrons. The van der Waals surface area contributed by atoms with Crippen molar-refractivity contribution < 1.29 is 0 Å². The van der Waals surface area contributed by atoms with E-state index >= 15 is 0 Å². The van der Waals surface area contributed by atoms with Gasteiger partial charge in [-0.3, -0.25) is 0 Å². The van der Waals surface area contributed by atoms with Gasteiger partial charge in [-0.05, 0) is 35.4 Å². The molecule has 7 nitrogen and oxygen atoms in total. The average Bonchev–Trinajstić information content (AvgIpc) is 2.97. The van der Waals surface area contributed by atoms with Crippen LogP contribution in [0, 0.1) is 0 Å². The van der Waals surface area contributed by atoms with Gasteiger partial charge in [-0.15, -0.1) is 14.8 Å². The Morgan fingerprint density at radius 1 is 1.35 bits per heavy atom. The van der Waals surface area contributed by atoms with Crippen molar-refractivity contribution in [3.63, 3.8) is 0 Å². The molecule has 0 atom stereocenters. The third-order valence-electron chi connectivity index (χ3n) is 3.41. The van der Waals surface area contributed by atoms with Crippen molar-refractivity contribution in [2.75, 3.05) is 11.9 Å². The Balaban J connectivity index is 1.88. The lowest BCUT2D eigenvalue weighted by Crippen LogP contribution is -2.43. The summed E-state index contributed by atoms with van der Waals surface area (Å²) in [5.74, 6) is 0.775. The fraction of sp³-hybridized carbons (Fsp3) is 0.600. The van der Waals surface area contributed by atoms with Crippen LogP contribution in [-0.2, 0) is 0 Å². The molecule has 1 aliphatic carbocycles. The Morgan fingerprint density at radius 3 is 2.94 bits per heavy atom. The van der Waals surface area contributed by atoms with Crippen LogP contribution in [-0.4, -0.2) is 37.3 Å². The fourth-order valence-corrected chi connectivity index (χ4v) is 2.42. The van der Waals surface area contributed by atoms with E-state index in [2.05, 4.69) is 25.9 Å². The highest BCUT2D eigenvalue weighted by molar-refractivity contribution is 5.44.